The summed E-state index contributed by atoms with van der Waals surface area (Å²) in [4.78, 5) is 22.5. The summed E-state index contributed by atoms with van der Waals surface area (Å²) in [6, 6.07) is 5.17. The Bertz CT molecular complexity index is 414. The van der Waals surface area contributed by atoms with Crippen molar-refractivity contribution < 1.29 is 23.5 Å². The highest BCUT2D eigenvalue weighted by atomic mass is 19.1. The zero-order valence-electron chi connectivity index (χ0n) is 10.3. The predicted octanol–water partition coefficient (Wildman–Crippen LogP) is 2.32. The van der Waals surface area contributed by atoms with Crippen LogP contribution in [0.4, 0.5) is 4.39 Å². The normalized spacial score (nSPS) is 11.7. The summed E-state index contributed by atoms with van der Waals surface area (Å²) in [5.74, 6) is -1.35. The highest BCUT2D eigenvalue weighted by molar-refractivity contribution is 5.76. The molecule has 0 heterocycles. The van der Waals surface area contributed by atoms with Crippen LogP contribution in [0.1, 0.15) is 19.8 Å². The van der Waals surface area contributed by atoms with Gasteiger partial charge < -0.3 is 9.47 Å². The van der Waals surface area contributed by atoms with Gasteiger partial charge in [0.15, 0.2) is 0 Å². The lowest BCUT2D eigenvalue weighted by atomic mass is 10.1. The van der Waals surface area contributed by atoms with Crippen LogP contribution in [0.25, 0.3) is 0 Å². The molecule has 0 N–H and O–H groups in total. The Morgan fingerprint density at radius 2 is 1.89 bits per heavy atom. The Kier molecular flexibility index (Phi) is 5.30. The van der Waals surface area contributed by atoms with Crippen molar-refractivity contribution in [1.82, 2.24) is 0 Å². The topological polar surface area (TPSA) is 52.6 Å². The highest BCUT2D eigenvalue weighted by Crippen LogP contribution is 2.15. The van der Waals surface area contributed by atoms with E-state index in [1.54, 1.807) is 6.92 Å². The average molecular weight is 254 g/mol. The molecule has 0 amide bonds. The van der Waals surface area contributed by atoms with Crippen LogP contribution in [-0.4, -0.2) is 19.0 Å². The summed E-state index contributed by atoms with van der Waals surface area (Å²) >= 11 is 0. The predicted molar refractivity (Wildman–Crippen MR) is 62.4 cm³/mol. The second-order valence-electron chi connectivity index (χ2n) is 3.89. The van der Waals surface area contributed by atoms with Crippen LogP contribution in [0.5, 0.6) is 5.75 Å². The standard InChI is InChI=1S/C13H15FO4/c1-9(3-8-12(15)17-2)13(16)18-11-6-4-10(14)5-7-11/h4-7,9H,3,8H2,1-2H3. The van der Waals surface area contributed by atoms with E-state index in [0.29, 0.717) is 6.42 Å². The molecule has 0 radical (unpaired) electrons. The number of benzene rings is 1. The molecule has 0 fully saturated rings. The zero-order chi connectivity index (χ0) is 13.5. The molecule has 0 aromatic heterocycles. The van der Waals surface area contributed by atoms with Crippen molar-refractivity contribution >= 4 is 11.9 Å². The minimum absolute atomic E-state index is 0.163. The Morgan fingerprint density at radius 1 is 1.28 bits per heavy atom. The van der Waals surface area contributed by atoms with Gasteiger partial charge in [0, 0.05) is 6.42 Å². The number of hydrogen-bond acceptors (Lipinski definition) is 4. The lowest BCUT2D eigenvalue weighted by molar-refractivity contribution is -0.142. The quantitative estimate of drug-likeness (QED) is 0.597. The van der Waals surface area contributed by atoms with Crippen molar-refractivity contribution in [2.24, 2.45) is 5.92 Å². The highest BCUT2D eigenvalue weighted by Gasteiger charge is 2.17. The molecule has 0 spiro atoms. The maximum atomic E-state index is 12.6. The molecule has 18 heavy (non-hydrogen) atoms. The van der Waals surface area contributed by atoms with Gasteiger partial charge in [-0.3, -0.25) is 9.59 Å². The van der Waals surface area contributed by atoms with Crippen molar-refractivity contribution in [3.05, 3.63) is 30.1 Å². The number of hydrogen-bond donors (Lipinski definition) is 0. The minimum Gasteiger partial charge on any atom is -0.469 e. The van der Waals surface area contributed by atoms with Crippen molar-refractivity contribution in [1.29, 1.82) is 0 Å². The van der Waals surface area contributed by atoms with Crippen molar-refractivity contribution in [3.63, 3.8) is 0 Å². The van der Waals surface area contributed by atoms with Crippen molar-refractivity contribution in [2.45, 2.75) is 19.8 Å². The summed E-state index contributed by atoms with van der Waals surface area (Å²) < 4.78 is 22.2. The van der Waals surface area contributed by atoms with E-state index in [9.17, 15) is 14.0 Å². The number of carbonyl (C=O) groups is 2. The third-order valence-corrected chi connectivity index (χ3v) is 2.44. The van der Waals surface area contributed by atoms with Gasteiger partial charge in [0.1, 0.15) is 11.6 Å². The summed E-state index contributed by atoms with van der Waals surface area (Å²) in [6.45, 7) is 1.66. The first-order valence-corrected chi connectivity index (χ1v) is 5.57. The largest absolute Gasteiger partial charge is 0.469 e. The van der Waals surface area contributed by atoms with Crippen LogP contribution in [0.15, 0.2) is 24.3 Å². The lowest BCUT2D eigenvalue weighted by Crippen LogP contribution is -2.19. The Labute approximate surface area is 105 Å². The average Bonchev–Trinajstić information content (AvgIpc) is 2.38. The van der Waals surface area contributed by atoms with Gasteiger partial charge in [-0.05, 0) is 30.7 Å². The third kappa shape index (κ3) is 4.53. The molecule has 0 saturated heterocycles. The van der Waals surface area contributed by atoms with E-state index in [1.807, 2.05) is 0 Å². The van der Waals surface area contributed by atoms with Gasteiger partial charge >= 0.3 is 11.9 Å². The first kappa shape index (κ1) is 14.2. The van der Waals surface area contributed by atoms with E-state index in [-0.39, 0.29) is 18.1 Å². The maximum Gasteiger partial charge on any atom is 0.314 e. The SMILES string of the molecule is COC(=O)CCC(C)C(=O)Oc1ccc(F)cc1. The fourth-order valence-electron chi connectivity index (χ4n) is 1.27. The van der Waals surface area contributed by atoms with Crippen LogP contribution in [0, 0.1) is 11.7 Å². The van der Waals surface area contributed by atoms with E-state index in [4.69, 9.17) is 4.74 Å². The van der Waals surface area contributed by atoms with Crippen LogP contribution < -0.4 is 4.74 Å². The van der Waals surface area contributed by atoms with Crippen LogP contribution in [0.2, 0.25) is 0 Å². The fourth-order valence-corrected chi connectivity index (χ4v) is 1.27. The molecule has 1 atom stereocenters. The summed E-state index contributed by atoms with van der Waals surface area (Å²) in [7, 11) is 1.30. The molecule has 0 aliphatic carbocycles. The summed E-state index contributed by atoms with van der Waals surface area (Å²) in [6.07, 6.45) is 0.517. The molecule has 0 saturated carbocycles. The van der Waals surface area contributed by atoms with E-state index < -0.39 is 17.7 Å². The smallest absolute Gasteiger partial charge is 0.314 e. The van der Waals surface area contributed by atoms with E-state index in [2.05, 4.69) is 4.74 Å². The molecule has 1 aromatic carbocycles. The van der Waals surface area contributed by atoms with Gasteiger partial charge in [0.2, 0.25) is 0 Å². The number of methoxy groups -OCH3 is 1. The van der Waals surface area contributed by atoms with Gasteiger partial charge in [0.25, 0.3) is 0 Å². The number of carbonyl (C=O) groups excluding carboxylic acids is 2. The molecule has 98 valence electrons. The van der Waals surface area contributed by atoms with E-state index >= 15 is 0 Å². The Hall–Kier alpha value is -1.91. The molecule has 0 aliphatic rings. The molecule has 0 bridgehead atoms. The second-order valence-corrected chi connectivity index (χ2v) is 3.89. The van der Waals surface area contributed by atoms with Crippen molar-refractivity contribution in [2.75, 3.05) is 7.11 Å². The van der Waals surface area contributed by atoms with Crippen LogP contribution >= 0.6 is 0 Å². The Morgan fingerprint density at radius 3 is 2.44 bits per heavy atom. The Balaban J connectivity index is 2.44. The van der Waals surface area contributed by atoms with Gasteiger partial charge in [-0.25, -0.2) is 4.39 Å². The fraction of sp³-hybridized carbons (Fsp3) is 0.385. The third-order valence-electron chi connectivity index (χ3n) is 2.44. The number of halogens is 1. The minimum atomic E-state index is -0.453. The molecular weight excluding hydrogens is 239 g/mol. The number of rotatable bonds is 5. The van der Waals surface area contributed by atoms with Crippen LogP contribution in [-0.2, 0) is 14.3 Å². The number of esters is 2. The zero-order valence-corrected chi connectivity index (χ0v) is 10.3. The first-order chi connectivity index (χ1) is 8.52. The van der Waals surface area contributed by atoms with Gasteiger partial charge in [0.05, 0.1) is 13.0 Å². The second kappa shape index (κ2) is 6.74. The lowest BCUT2D eigenvalue weighted by Gasteiger charge is -2.10. The van der Waals surface area contributed by atoms with Crippen molar-refractivity contribution in [3.8, 4) is 5.75 Å². The van der Waals surface area contributed by atoms with Crippen LogP contribution in [0.3, 0.4) is 0 Å². The number of ether oxygens (including phenoxy) is 2. The maximum absolute atomic E-state index is 12.6. The molecule has 1 aromatic rings. The van der Waals surface area contributed by atoms with Gasteiger partial charge in [-0.1, -0.05) is 6.92 Å². The van der Waals surface area contributed by atoms with E-state index in [0.717, 1.165) is 0 Å². The molecule has 4 nitrogen and oxygen atoms in total. The molecule has 5 heteroatoms. The van der Waals surface area contributed by atoms with Gasteiger partial charge in [-0.2, -0.15) is 0 Å². The molecule has 1 unspecified atom stereocenters. The first-order valence-electron chi connectivity index (χ1n) is 5.57. The summed E-state index contributed by atoms with van der Waals surface area (Å²) in [5, 5.41) is 0. The molecular formula is C13H15FO4. The molecule has 1 rings (SSSR count). The summed E-state index contributed by atoms with van der Waals surface area (Å²) in [5.41, 5.74) is 0. The van der Waals surface area contributed by atoms with Gasteiger partial charge in [-0.15, -0.1) is 0 Å². The monoisotopic (exact) mass is 254 g/mol. The molecule has 0 aliphatic heterocycles. The van der Waals surface area contributed by atoms with E-state index in [1.165, 1.54) is 31.4 Å².